The predicted octanol–water partition coefficient (Wildman–Crippen LogP) is 2.17. The fourth-order valence-electron chi connectivity index (χ4n) is 2.41. The van der Waals surface area contributed by atoms with Gasteiger partial charge in [-0.25, -0.2) is 4.79 Å². The molecule has 0 bridgehead atoms. The molecule has 2 amide bonds. The van der Waals surface area contributed by atoms with Crippen LogP contribution in [0.25, 0.3) is 0 Å². The summed E-state index contributed by atoms with van der Waals surface area (Å²) in [5, 5.41) is 5.75. The summed E-state index contributed by atoms with van der Waals surface area (Å²) in [6.07, 6.45) is -0.118. The quantitative estimate of drug-likeness (QED) is 0.828. The first-order valence-electron chi connectivity index (χ1n) is 6.99. The van der Waals surface area contributed by atoms with Crippen LogP contribution in [0.4, 0.5) is 5.69 Å². The second kappa shape index (κ2) is 6.83. The molecule has 1 aliphatic rings. The van der Waals surface area contributed by atoms with Gasteiger partial charge in [0.25, 0.3) is 0 Å². The molecule has 122 valence electrons. The molecule has 1 aromatic rings. The molecule has 0 saturated carbocycles. The number of amides is 2. The summed E-state index contributed by atoms with van der Waals surface area (Å²) < 4.78 is 4.71. The highest BCUT2D eigenvalue weighted by Crippen LogP contribution is 2.26. The molecule has 0 saturated heterocycles. The molecule has 2 rings (SSSR count). The summed E-state index contributed by atoms with van der Waals surface area (Å²) in [5.74, 6) is -2.32. The molecule has 0 unspecified atom stereocenters. The summed E-state index contributed by atoms with van der Waals surface area (Å²) in [7, 11) is 1.23. The van der Waals surface area contributed by atoms with Crippen molar-refractivity contribution in [3.63, 3.8) is 0 Å². The van der Waals surface area contributed by atoms with E-state index in [0.29, 0.717) is 16.4 Å². The first-order chi connectivity index (χ1) is 10.8. The third-order valence-corrected chi connectivity index (χ3v) is 4.04. The van der Waals surface area contributed by atoms with Gasteiger partial charge in [-0.15, -0.1) is 0 Å². The maximum atomic E-state index is 12.5. The molecule has 0 aromatic heterocycles. The van der Waals surface area contributed by atoms with E-state index < -0.39 is 17.8 Å². The number of aryl methyl sites for hydroxylation is 1. The maximum absolute atomic E-state index is 12.5. The van der Waals surface area contributed by atoms with Gasteiger partial charge in [-0.1, -0.05) is 17.7 Å². The van der Waals surface area contributed by atoms with Crippen molar-refractivity contribution < 1.29 is 19.1 Å². The molecule has 1 atom stereocenters. The average molecular weight is 337 g/mol. The van der Waals surface area contributed by atoms with Gasteiger partial charge in [-0.05, 0) is 31.5 Å². The molecule has 1 aromatic carbocycles. The lowest BCUT2D eigenvalue weighted by atomic mass is 9.89. The largest absolute Gasteiger partial charge is 0.466 e. The van der Waals surface area contributed by atoms with Gasteiger partial charge in [0.15, 0.2) is 0 Å². The zero-order chi connectivity index (χ0) is 17.1. The Bertz CT molecular complexity index is 712. The second-order valence-electron chi connectivity index (χ2n) is 5.29. The Morgan fingerprint density at radius 3 is 2.65 bits per heavy atom. The van der Waals surface area contributed by atoms with Gasteiger partial charge in [0.1, 0.15) is 0 Å². The third-order valence-electron chi connectivity index (χ3n) is 3.63. The summed E-state index contributed by atoms with van der Waals surface area (Å²) in [4.78, 5) is 36.1. The normalized spacial score (nSPS) is 17.6. The van der Waals surface area contributed by atoms with Crippen LogP contribution in [-0.2, 0) is 19.1 Å². The van der Waals surface area contributed by atoms with Crippen LogP contribution in [0.3, 0.4) is 0 Å². The molecule has 23 heavy (non-hydrogen) atoms. The summed E-state index contributed by atoms with van der Waals surface area (Å²) >= 11 is 6.03. The van der Waals surface area contributed by atoms with Crippen molar-refractivity contribution in [3.8, 4) is 0 Å². The lowest BCUT2D eigenvalue weighted by molar-refractivity contribution is -0.139. The molecule has 1 aliphatic heterocycles. The Balaban J connectivity index is 2.28. The van der Waals surface area contributed by atoms with Crippen LogP contribution < -0.4 is 10.6 Å². The number of carbonyl (C=O) groups excluding carboxylic acids is 3. The maximum Gasteiger partial charge on any atom is 0.336 e. The summed E-state index contributed by atoms with van der Waals surface area (Å²) in [6, 6.07) is 5.09. The number of carbonyl (C=O) groups is 3. The molecular formula is C16H17ClN2O4. The minimum absolute atomic E-state index is 0.118. The Morgan fingerprint density at radius 2 is 2.04 bits per heavy atom. The number of hydrogen-bond acceptors (Lipinski definition) is 4. The van der Waals surface area contributed by atoms with E-state index in [0.717, 1.165) is 5.56 Å². The molecule has 2 N–H and O–H groups in total. The van der Waals surface area contributed by atoms with Gasteiger partial charge >= 0.3 is 5.97 Å². The highest BCUT2D eigenvalue weighted by atomic mass is 35.5. The van der Waals surface area contributed by atoms with E-state index in [1.54, 1.807) is 25.1 Å². The number of nitrogens with one attached hydrogen (secondary N) is 2. The molecule has 6 nitrogen and oxygen atoms in total. The molecule has 0 fully saturated rings. The van der Waals surface area contributed by atoms with E-state index in [9.17, 15) is 14.4 Å². The van der Waals surface area contributed by atoms with Crippen LogP contribution in [0.1, 0.15) is 18.9 Å². The Morgan fingerprint density at radius 1 is 1.35 bits per heavy atom. The topological polar surface area (TPSA) is 84.5 Å². The summed E-state index contributed by atoms with van der Waals surface area (Å²) in [6.45, 7) is 3.41. The molecule has 1 heterocycles. The molecular weight excluding hydrogens is 320 g/mol. The monoisotopic (exact) mass is 336 g/mol. The number of benzene rings is 1. The third kappa shape index (κ3) is 3.71. The highest BCUT2D eigenvalue weighted by molar-refractivity contribution is 6.31. The molecule has 7 heteroatoms. The lowest BCUT2D eigenvalue weighted by Crippen LogP contribution is -2.40. The first-order valence-corrected chi connectivity index (χ1v) is 7.37. The average Bonchev–Trinajstić information content (AvgIpc) is 2.49. The molecule has 0 spiro atoms. The van der Waals surface area contributed by atoms with Crippen LogP contribution in [0, 0.1) is 12.8 Å². The zero-order valence-electron chi connectivity index (χ0n) is 13.0. The van der Waals surface area contributed by atoms with E-state index >= 15 is 0 Å². The SMILES string of the molecule is COC(=O)C1=C(C)NC(=O)C[C@@H]1C(=O)Nc1ccc(C)c(Cl)c1. The van der Waals surface area contributed by atoms with Gasteiger partial charge in [0.05, 0.1) is 18.6 Å². The van der Waals surface area contributed by atoms with Crippen molar-refractivity contribution in [1.29, 1.82) is 0 Å². The van der Waals surface area contributed by atoms with Crippen molar-refractivity contribution in [1.82, 2.24) is 5.32 Å². The number of ether oxygens (including phenoxy) is 1. The van der Waals surface area contributed by atoms with Crippen molar-refractivity contribution in [2.24, 2.45) is 5.92 Å². The van der Waals surface area contributed by atoms with E-state index in [1.807, 2.05) is 6.92 Å². The van der Waals surface area contributed by atoms with Crippen LogP contribution in [0.5, 0.6) is 0 Å². The van der Waals surface area contributed by atoms with Crippen molar-refractivity contribution >= 4 is 35.1 Å². The van der Waals surface area contributed by atoms with Gasteiger partial charge in [0, 0.05) is 22.8 Å². The Hall–Kier alpha value is -2.34. The number of methoxy groups -OCH3 is 1. The smallest absolute Gasteiger partial charge is 0.336 e. The van der Waals surface area contributed by atoms with Crippen LogP contribution in [0.2, 0.25) is 5.02 Å². The number of esters is 1. The standard InChI is InChI=1S/C16H17ClN2O4/c1-8-4-5-10(6-12(8)17)19-15(21)11-7-13(20)18-9(2)14(11)16(22)23-3/h4-6,11H,7H2,1-3H3,(H,18,20)(H,19,21)/t11-/m0/s1. The predicted molar refractivity (Wildman–Crippen MR) is 85.8 cm³/mol. The van der Waals surface area contributed by atoms with Crippen molar-refractivity contribution in [2.45, 2.75) is 20.3 Å². The molecule has 0 radical (unpaired) electrons. The van der Waals surface area contributed by atoms with Gasteiger partial charge in [0.2, 0.25) is 11.8 Å². The van der Waals surface area contributed by atoms with E-state index in [1.165, 1.54) is 7.11 Å². The Labute approximate surface area is 138 Å². The fraction of sp³-hybridized carbons (Fsp3) is 0.312. The van der Waals surface area contributed by atoms with Crippen LogP contribution >= 0.6 is 11.6 Å². The Kier molecular flexibility index (Phi) is 5.05. The number of anilines is 1. The van der Waals surface area contributed by atoms with Crippen LogP contribution in [0.15, 0.2) is 29.5 Å². The molecule has 0 aliphatic carbocycles. The van der Waals surface area contributed by atoms with E-state index in [2.05, 4.69) is 10.6 Å². The van der Waals surface area contributed by atoms with Crippen molar-refractivity contribution in [2.75, 3.05) is 12.4 Å². The second-order valence-corrected chi connectivity index (χ2v) is 5.70. The fourth-order valence-corrected chi connectivity index (χ4v) is 2.59. The number of hydrogen-bond donors (Lipinski definition) is 2. The van der Waals surface area contributed by atoms with Crippen molar-refractivity contribution in [3.05, 3.63) is 40.1 Å². The number of halogens is 1. The van der Waals surface area contributed by atoms with Gasteiger partial charge < -0.3 is 15.4 Å². The van der Waals surface area contributed by atoms with Gasteiger partial charge in [-0.3, -0.25) is 9.59 Å². The number of allylic oxidation sites excluding steroid dienone is 1. The highest BCUT2D eigenvalue weighted by Gasteiger charge is 2.36. The summed E-state index contributed by atoms with van der Waals surface area (Å²) in [5.41, 5.74) is 1.86. The number of rotatable bonds is 3. The van der Waals surface area contributed by atoms with Gasteiger partial charge in [-0.2, -0.15) is 0 Å². The minimum atomic E-state index is -0.906. The zero-order valence-corrected chi connectivity index (χ0v) is 13.8. The minimum Gasteiger partial charge on any atom is -0.466 e. The van der Waals surface area contributed by atoms with E-state index in [-0.39, 0.29) is 17.9 Å². The first kappa shape index (κ1) is 17.0. The van der Waals surface area contributed by atoms with Crippen LogP contribution in [-0.4, -0.2) is 24.9 Å². The van der Waals surface area contributed by atoms with E-state index in [4.69, 9.17) is 16.3 Å². The lowest BCUT2D eigenvalue weighted by Gasteiger charge is -2.25.